The Morgan fingerprint density at radius 3 is 2.33 bits per heavy atom. The summed E-state index contributed by atoms with van der Waals surface area (Å²) < 4.78 is 0. The van der Waals surface area contributed by atoms with E-state index in [1.165, 1.54) is 5.56 Å². The molecule has 0 saturated carbocycles. The van der Waals surface area contributed by atoms with E-state index in [4.69, 9.17) is 11.6 Å². The zero-order valence-electron chi connectivity index (χ0n) is 13.1. The van der Waals surface area contributed by atoms with Gasteiger partial charge in [0.15, 0.2) is 0 Å². The number of aromatic nitrogens is 2. The zero-order chi connectivity index (χ0) is 15.5. The SMILES string of the molecule is CCCc1ccc(Nc2cc(Cl)nc(C(C)(C)C)n2)cc1. The highest BCUT2D eigenvalue weighted by molar-refractivity contribution is 6.29. The summed E-state index contributed by atoms with van der Waals surface area (Å²) in [5.41, 5.74) is 2.22. The van der Waals surface area contributed by atoms with Crippen LogP contribution in [-0.4, -0.2) is 9.97 Å². The number of hydrogen-bond acceptors (Lipinski definition) is 3. The van der Waals surface area contributed by atoms with Gasteiger partial charge in [-0.3, -0.25) is 0 Å². The molecule has 1 heterocycles. The number of anilines is 2. The molecule has 0 spiro atoms. The number of halogens is 1. The predicted molar refractivity (Wildman–Crippen MR) is 89.5 cm³/mol. The fourth-order valence-electron chi connectivity index (χ4n) is 2.01. The second kappa shape index (κ2) is 6.44. The van der Waals surface area contributed by atoms with Gasteiger partial charge in [-0.2, -0.15) is 0 Å². The average Bonchev–Trinajstić information content (AvgIpc) is 2.40. The van der Waals surface area contributed by atoms with Gasteiger partial charge in [0.1, 0.15) is 16.8 Å². The van der Waals surface area contributed by atoms with Crippen LogP contribution in [0.3, 0.4) is 0 Å². The average molecular weight is 304 g/mol. The van der Waals surface area contributed by atoms with Gasteiger partial charge in [-0.25, -0.2) is 9.97 Å². The Labute approximate surface area is 131 Å². The fourth-order valence-corrected chi connectivity index (χ4v) is 2.19. The van der Waals surface area contributed by atoms with Crippen molar-refractivity contribution in [2.45, 2.75) is 46.0 Å². The van der Waals surface area contributed by atoms with E-state index in [1.807, 2.05) is 0 Å². The summed E-state index contributed by atoms with van der Waals surface area (Å²) in [6.07, 6.45) is 2.26. The lowest BCUT2D eigenvalue weighted by Crippen LogP contribution is -2.16. The third-order valence-electron chi connectivity index (χ3n) is 3.13. The lowest BCUT2D eigenvalue weighted by Gasteiger charge is -2.18. The highest BCUT2D eigenvalue weighted by Crippen LogP contribution is 2.24. The number of aryl methyl sites for hydroxylation is 1. The Bertz CT molecular complexity index is 600. The van der Waals surface area contributed by atoms with Crippen molar-refractivity contribution in [3.8, 4) is 0 Å². The molecule has 0 aliphatic carbocycles. The largest absolute Gasteiger partial charge is 0.340 e. The minimum absolute atomic E-state index is 0.133. The van der Waals surface area contributed by atoms with Gasteiger partial charge in [-0.1, -0.05) is 57.8 Å². The van der Waals surface area contributed by atoms with E-state index in [9.17, 15) is 0 Å². The molecule has 3 nitrogen and oxygen atoms in total. The van der Waals surface area contributed by atoms with Crippen LogP contribution in [0, 0.1) is 0 Å². The van der Waals surface area contributed by atoms with E-state index in [2.05, 4.69) is 67.2 Å². The first-order chi connectivity index (χ1) is 9.88. The lowest BCUT2D eigenvalue weighted by molar-refractivity contribution is 0.546. The second-order valence-corrected chi connectivity index (χ2v) is 6.61. The Morgan fingerprint density at radius 2 is 1.76 bits per heavy atom. The number of hydrogen-bond donors (Lipinski definition) is 1. The van der Waals surface area contributed by atoms with Gasteiger partial charge in [0.05, 0.1) is 0 Å². The first-order valence-corrected chi connectivity index (χ1v) is 7.67. The fraction of sp³-hybridized carbons (Fsp3) is 0.412. The van der Waals surface area contributed by atoms with Crippen LogP contribution < -0.4 is 5.32 Å². The predicted octanol–water partition coefficient (Wildman–Crippen LogP) is 5.12. The van der Waals surface area contributed by atoms with Crippen molar-refractivity contribution in [1.82, 2.24) is 9.97 Å². The van der Waals surface area contributed by atoms with Crippen molar-refractivity contribution in [2.75, 3.05) is 5.32 Å². The quantitative estimate of drug-likeness (QED) is 0.796. The number of nitrogens with zero attached hydrogens (tertiary/aromatic N) is 2. The van der Waals surface area contributed by atoms with Gasteiger partial charge in [0.2, 0.25) is 0 Å². The first-order valence-electron chi connectivity index (χ1n) is 7.29. The van der Waals surface area contributed by atoms with Crippen molar-refractivity contribution in [1.29, 1.82) is 0 Å². The molecule has 4 heteroatoms. The summed E-state index contributed by atoms with van der Waals surface area (Å²) in [7, 11) is 0. The summed E-state index contributed by atoms with van der Waals surface area (Å²) in [4.78, 5) is 8.85. The third kappa shape index (κ3) is 4.43. The highest BCUT2D eigenvalue weighted by atomic mass is 35.5. The van der Waals surface area contributed by atoms with E-state index in [0.29, 0.717) is 5.15 Å². The molecule has 1 aromatic carbocycles. The minimum atomic E-state index is -0.133. The molecule has 2 aromatic rings. The van der Waals surface area contributed by atoms with Crippen LogP contribution in [0.2, 0.25) is 5.15 Å². The highest BCUT2D eigenvalue weighted by Gasteiger charge is 2.18. The lowest BCUT2D eigenvalue weighted by atomic mass is 9.96. The molecule has 1 aromatic heterocycles. The van der Waals surface area contributed by atoms with E-state index in [1.54, 1.807) is 6.07 Å². The summed E-state index contributed by atoms with van der Waals surface area (Å²) in [5.74, 6) is 1.46. The number of nitrogens with one attached hydrogen (secondary N) is 1. The second-order valence-electron chi connectivity index (χ2n) is 6.22. The van der Waals surface area contributed by atoms with Crippen LogP contribution >= 0.6 is 11.6 Å². The van der Waals surface area contributed by atoms with Crippen molar-refractivity contribution < 1.29 is 0 Å². The summed E-state index contributed by atoms with van der Waals surface area (Å²) >= 11 is 6.10. The molecule has 21 heavy (non-hydrogen) atoms. The standard InChI is InChI=1S/C17H22ClN3/c1-5-6-12-7-9-13(10-8-12)19-15-11-14(18)20-16(21-15)17(2,3)4/h7-11H,5-6H2,1-4H3,(H,19,20,21). The molecule has 0 bridgehead atoms. The van der Waals surface area contributed by atoms with Gasteiger partial charge in [0.25, 0.3) is 0 Å². The van der Waals surface area contributed by atoms with Crippen molar-refractivity contribution >= 4 is 23.1 Å². The van der Waals surface area contributed by atoms with Crippen LogP contribution in [0.5, 0.6) is 0 Å². The van der Waals surface area contributed by atoms with Crippen LogP contribution in [0.15, 0.2) is 30.3 Å². The molecule has 2 rings (SSSR count). The van der Waals surface area contributed by atoms with Crippen molar-refractivity contribution in [3.63, 3.8) is 0 Å². The summed E-state index contributed by atoms with van der Waals surface area (Å²) in [6.45, 7) is 8.40. The molecule has 0 saturated heterocycles. The molecule has 1 N–H and O–H groups in total. The van der Waals surface area contributed by atoms with E-state index in [0.717, 1.165) is 30.2 Å². The molecule has 0 fully saturated rings. The Hall–Kier alpha value is -1.61. The monoisotopic (exact) mass is 303 g/mol. The Balaban J connectivity index is 2.21. The van der Waals surface area contributed by atoms with Gasteiger partial charge < -0.3 is 5.32 Å². The Morgan fingerprint density at radius 1 is 1.10 bits per heavy atom. The summed E-state index contributed by atoms with van der Waals surface area (Å²) in [5, 5.41) is 3.75. The maximum Gasteiger partial charge on any atom is 0.137 e. The maximum atomic E-state index is 6.10. The van der Waals surface area contributed by atoms with E-state index >= 15 is 0 Å². The molecular weight excluding hydrogens is 282 g/mol. The van der Waals surface area contributed by atoms with Crippen LogP contribution in [0.4, 0.5) is 11.5 Å². The minimum Gasteiger partial charge on any atom is -0.340 e. The molecule has 0 radical (unpaired) electrons. The molecule has 0 aliphatic heterocycles. The summed E-state index contributed by atoms with van der Waals surface area (Å²) in [6, 6.07) is 10.2. The molecule has 0 aliphatic rings. The van der Waals surface area contributed by atoms with Crippen molar-refractivity contribution in [3.05, 3.63) is 46.9 Å². The topological polar surface area (TPSA) is 37.8 Å². The molecule has 0 atom stereocenters. The smallest absolute Gasteiger partial charge is 0.137 e. The molecular formula is C17H22ClN3. The van der Waals surface area contributed by atoms with Gasteiger partial charge in [-0.05, 0) is 24.1 Å². The number of benzene rings is 1. The maximum absolute atomic E-state index is 6.10. The van der Waals surface area contributed by atoms with Gasteiger partial charge in [-0.15, -0.1) is 0 Å². The van der Waals surface area contributed by atoms with Crippen LogP contribution in [-0.2, 0) is 11.8 Å². The Kier molecular flexibility index (Phi) is 4.84. The van der Waals surface area contributed by atoms with Gasteiger partial charge >= 0.3 is 0 Å². The normalized spacial score (nSPS) is 11.5. The molecule has 0 unspecified atom stereocenters. The first kappa shape index (κ1) is 15.8. The van der Waals surface area contributed by atoms with E-state index < -0.39 is 0 Å². The van der Waals surface area contributed by atoms with Crippen molar-refractivity contribution in [2.24, 2.45) is 0 Å². The number of rotatable bonds is 4. The van der Waals surface area contributed by atoms with E-state index in [-0.39, 0.29) is 5.41 Å². The van der Waals surface area contributed by atoms with Crippen LogP contribution in [0.25, 0.3) is 0 Å². The van der Waals surface area contributed by atoms with Gasteiger partial charge in [0, 0.05) is 17.2 Å². The molecule has 112 valence electrons. The molecule has 0 amide bonds. The zero-order valence-corrected chi connectivity index (χ0v) is 13.8. The van der Waals surface area contributed by atoms with Crippen LogP contribution in [0.1, 0.15) is 45.5 Å². The third-order valence-corrected chi connectivity index (χ3v) is 3.32.